The molecule has 1 aromatic carbocycles. The summed E-state index contributed by atoms with van der Waals surface area (Å²) in [4.78, 5) is 18.8. The number of carbonyl (C=O) groups is 1. The lowest BCUT2D eigenvalue weighted by Gasteiger charge is -2.21. The van der Waals surface area contributed by atoms with Crippen molar-refractivity contribution in [1.29, 1.82) is 0 Å². The second-order valence-electron chi connectivity index (χ2n) is 6.07. The van der Waals surface area contributed by atoms with Crippen LogP contribution in [0.3, 0.4) is 0 Å². The summed E-state index contributed by atoms with van der Waals surface area (Å²) < 4.78 is 0. The number of aromatic nitrogens is 1. The van der Waals surface area contributed by atoms with E-state index in [1.54, 1.807) is 6.20 Å². The van der Waals surface area contributed by atoms with Crippen molar-refractivity contribution in [3.63, 3.8) is 0 Å². The molecule has 0 atom stereocenters. The van der Waals surface area contributed by atoms with Gasteiger partial charge in [-0.2, -0.15) is 0 Å². The first kappa shape index (κ1) is 16.3. The van der Waals surface area contributed by atoms with Gasteiger partial charge in [0.2, 0.25) is 5.91 Å². The first-order valence-corrected chi connectivity index (χ1v) is 8.61. The lowest BCUT2D eigenvalue weighted by Crippen LogP contribution is -2.25. The van der Waals surface area contributed by atoms with Gasteiger partial charge in [-0.25, -0.2) is 4.98 Å². The molecule has 0 bridgehead atoms. The molecule has 0 radical (unpaired) electrons. The van der Waals surface area contributed by atoms with Crippen molar-refractivity contribution in [1.82, 2.24) is 4.98 Å². The molecule has 0 unspecified atom stereocenters. The van der Waals surface area contributed by atoms with Gasteiger partial charge in [0.15, 0.2) is 0 Å². The standard InChI is InChI=1S/C19H24N4O/c24-19(15-20-16-8-4-3-5-9-16)22-17-10-11-18(21-14-17)23-12-6-1-2-7-13-23/h3-5,8-11,14,20H,1-2,6-7,12-13,15H2,(H,22,24). The zero-order valence-electron chi connectivity index (χ0n) is 13.9. The van der Waals surface area contributed by atoms with E-state index in [9.17, 15) is 4.79 Å². The zero-order chi connectivity index (χ0) is 16.6. The van der Waals surface area contributed by atoms with E-state index in [0.717, 1.165) is 30.3 Å². The van der Waals surface area contributed by atoms with Crippen LogP contribution in [0.2, 0.25) is 0 Å². The monoisotopic (exact) mass is 324 g/mol. The van der Waals surface area contributed by atoms with E-state index in [1.807, 2.05) is 42.5 Å². The Morgan fingerprint density at radius 1 is 0.958 bits per heavy atom. The van der Waals surface area contributed by atoms with Crippen LogP contribution in [0.5, 0.6) is 0 Å². The van der Waals surface area contributed by atoms with E-state index in [2.05, 4.69) is 20.5 Å². The number of carbonyl (C=O) groups excluding carboxylic acids is 1. The fourth-order valence-corrected chi connectivity index (χ4v) is 2.89. The molecular weight excluding hydrogens is 300 g/mol. The number of para-hydroxylation sites is 1. The summed E-state index contributed by atoms with van der Waals surface area (Å²) in [6.45, 7) is 2.37. The van der Waals surface area contributed by atoms with Crippen molar-refractivity contribution in [2.45, 2.75) is 25.7 Å². The van der Waals surface area contributed by atoms with E-state index in [1.165, 1.54) is 25.7 Å². The van der Waals surface area contributed by atoms with Crippen molar-refractivity contribution in [3.8, 4) is 0 Å². The Morgan fingerprint density at radius 2 is 1.71 bits per heavy atom. The second kappa shape index (κ2) is 8.34. The van der Waals surface area contributed by atoms with Crippen LogP contribution in [-0.4, -0.2) is 30.5 Å². The molecule has 2 aromatic rings. The number of rotatable bonds is 5. The highest BCUT2D eigenvalue weighted by Gasteiger charge is 2.11. The Labute approximate surface area is 143 Å². The maximum Gasteiger partial charge on any atom is 0.243 e. The minimum Gasteiger partial charge on any atom is -0.376 e. The number of benzene rings is 1. The molecule has 2 heterocycles. The minimum absolute atomic E-state index is 0.0804. The summed E-state index contributed by atoms with van der Waals surface area (Å²) in [7, 11) is 0. The Balaban J connectivity index is 1.51. The predicted molar refractivity (Wildman–Crippen MR) is 98.5 cm³/mol. The summed E-state index contributed by atoms with van der Waals surface area (Å²) in [6, 6.07) is 13.6. The molecule has 3 rings (SSSR count). The summed E-state index contributed by atoms with van der Waals surface area (Å²) in [5, 5.41) is 5.97. The van der Waals surface area contributed by atoms with E-state index >= 15 is 0 Å². The molecule has 5 heteroatoms. The summed E-state index contributed by atoms with van der Waals surface area (Å²) >= 11 is 0. The van der Waals surface area contributed by atoms with Crippen LogP contribution in [0.25, 0.3) is 0 Å². The smallest absolute Gasteiger partial charge is 0.243 e. The van der Waals surface area contributed by atoms with Gasteiger partial charge in [-0.1, -0.05) is 31.0 Å². The number of nitrogens with zero attached hydrogens (tertiary/aromatic N) is 2. The molecule has 1 aromatic heterocycles. The van der Waals surface area contributed by atoms with Crippen LogP contribution < -0.4 is 15.5 Å². The Hall–Kier alpha value is -2.56. The van der Waals surface area contributed by atoms with Gasteiger partial charge >= 0.3 is 0 Å². The van der Waals surface area contributed by atoms with Gasteiger partial charge in [-0.15, -0.1) is 0 Å². The molecule has 0 spiro atoms. The highest BCUT2D eigenvalue weighted by Crippen LogP contribution is 2.18. The number of pyridine rings is 1. The van der Waals surface area contributed by atoms with Crippen molar-refractivity contribution < 1.29 is 4.79 Å². The highest BCUT2D eigenvalue weighted by molar-refractivity contribution is 5.93. The molecule has 5 nitrogen and oxygen atoms in total. The van der Waals surface area contributed by atoms with Crippen LogP contribution in [0.4, 0.5) is 17.2 Å². The molecule has 0 saturated carbocycles. The molecule has 0 aliphatic carbocycles. The lowest BCUT2D eigenvalue weighted by atomic mass is 10.2. The van der Waals surface area contributed by atoms with Crippen molar-refractivity contribution in [2.24, 2.45) is 0 Å². The average molecular weight is 324 g/mol. The molecule has 126 valence electrons. The van der Waals surface area contributed by atoms with Gasteiger partial charge in [0.1, 0.15) is 5.82 Å². The normalized spacial score (nSPS) is 14.8. The lowest BCUT2D eigenvalue weighted by molar-refractivity contribution is -0.114. The SMILES string of the molecule is O=C(CNc1ccccc1)Nc1ccc(N2CCCCCC2)nc1. The van der Waals surface area contributed by atoms with Gasteiger partial charge in [0, 0.05) is 18.8 Å². The number of amides is 1. The topological polar surface area (TPSA) is 57.3 Å². The van der Waals surface area contributed by atoms with Crippen LogP contribution >= 0.6 is 0 Å². The molecule has 1 saturated heterocycles. The van der Waals surface area contributed by atoms with Gasteiger partial charge < -0.3 is 15.5 Å². The molecule has 1 fully saturated rings. The molecule has 1 aliphatic rings. The molecule has 2 N–H and O–H groups in total. The summed E-state index contributed by atoms with van der Waals surface area (Å²) in [6.07, 6.45) is 6.80. The Bertz CT molecular complexity index is 634. The van der Waals surface area contributed by atoms with E-state index in [4.69, 9.17) is 0 Å². The van der Waals surface area contributed by atoms with E-state index < -0.39 is 0 Å². The number of nitrogens with one attached hydrogen (secondary N) is 2. The third-order valence-electron chi connectivity index (χ3n) is 4.19. The van der Waals surface area contributed by atoms with Gasteiger partial charge in [0.25, 0.3) is 0 Å². The first-order chi connectivity index (χ1) is 11.8. The van der Waals surface area contributed by atoms with Crippen LogP contribution in [0, 0.1) is 0 Å². The average Bonchev–Trinajstić information content (AvgIpc) is 2.91. The van der Waals surface area contributed by atoms with Crippen LogP contribution in [-0.2, 0) is 4.79 Å². The van der Waals surface area contributed by atoms with Crippen molar-refractivity contribution in [3.05, 3.63) is 48.7 Å². The quantitative estimate of drug-likeness (QED) is 0.883. The Morgan fingerprint density at radius 3 is 2.38 bits per heavy atom. The fraction of sp³-hybridized carbons (Fsp3) is 0.368. The van der Waals surface area contributed by atoms with Gasteiger partial charge in [-0.05, 0) is 37.1 Å². The van der Waals surface area contributed by atoms with Crippen molar-refractivity contribution >= 4 is 23.1 Å². The first-order valence-electron chi connectivity index (χ1n) is 8.61. The van der Waals surface area contributed by atoms with E-state index in [0.29, 0.717) is 0 Å². The Kier molecular flexibility index (Phi) is 5.66. The molecule has 1 amide bonds. The molecule has 1 aliphatic heterocycles. The maximum atomic E-state index is 12.0. The van der Waals surface area contributed by atoms with E-state index in [-0.39, 0.29) is 12.5 Å². The largest absolute Gasteiger partial charge is 0.376 e. The van der Waals surface area contributed by atoms with Gasteiger partial charge in [-0.3, -0.25) is 4.79 Å². The summed E-state index contributed by atoms with van der Waals surface area (Å²) in [5.74, 6) is 0.917. The van der Waals surface area contributed by atoms with Crippen LogP contribution in [0.1, 0.15) is 25.7 Å². The number of hydrogen-bond acceptors (Lipinski definition) is 4. The highest BCUT2D eigenvalue weighted by atomic mass is 16.1. The minimum atomic E-state index is -0.0804. The third-order valence-corrected chi connectivity index (χ3v) is 4.19. The number of hydrogen-bond donors (Lipinski definition) is 2. The second-order valence-corrected chi connectivity index (χ2v) is 6.07. The van der Waals surface area contributed by atoms with Gasteiger partial charge in [0.05, 0.1) is 18.4 Å². The third kappa shape index (κ3) is 4.72. The molecular formula is C19H24N4O. The fourth-order valence-electron chi connectivity index (χ4n) is 2.89. The van der Waals surface area contributed by atoms with Crippen molar-refractivity contribution in [2.75, 3.05) is 35.2 Å². The zero-order valence-corrected chi connectivity index (χ0v) is 13.9. The molecule has 24 heavy (non-hydrogen) atoms. The summed E-state index contributed by atoms with van der Waals surface area (Å²) in [5.41, 5.74) is 1.66. The number of anilines is 3. The van der Waals surface area contributed by atoms with Crippen LogP contribution in [0.15, 0.2) is 48.7 Å². The predicted octanol–water partition coefficient (Wildman–Crippen LogP) is 3.51. The maximum absolute atomic E-state index is 12.0.